The van der Waals surface area contributed by atoms with Gasteiger partial charge in [0, 0.05) is 49.6 Å². The molecule has 2 aliphatic rings. The SMILES string of the molecule is CO[C@@H]1CC2C[C@H](Oc3ncc(-c4ccc(-n5ccnc5)cc4O)nn3)CC1N2. The van der Waals surface area contributed by atoms with Gasteiger partial charge in [0.05, 0.1) is 24.3 Å². The molecule has 2 bridgehead atoms. The first-order valence-electron chi connectivity index (χ1n) is 9.66. The molecule has 0 spiro atoms. The molecule has 9 heteroatoms. The monoisotopic (exact) mass is 394 g/mol. The van der Waals surface area contributed by atoms with Crippen LogP contribution in [-0.2, 0) is 4.74 Å². The van der Waals surface area contributed by atoms with Crippen LogP contribution >= 0.6 is 0 Å². The number of hydrogen-bond donors (Lipinski definition) is 2. The van der Waals surface area contributed by atoms with Crippen LogP contribution in [0.25, 0.3) is 16.9 Å². The maximum absolute atomic E-state index is 10.4. The average molecular weight is 394 g/mol. The van der Waals surface area contributed by atoms with Crippen molar-refractivity contribution in [1.82, 2.24) is 30.0 Å². The van der Waals surface area contributed by atoms with E-state index in [0.717, 1.165) is 24.9 Å². The van der Waals surface area contributed by atoms with Gasteiger partial charge in [-0.1, -0.05) is 5.10 Å². The van der Waals surface area contributed by atoms with Crippen LogP contribution < -0.4 is 10.1 Å². The van der Waals surface area contributed by atoms with E-state index in [2.05, 4.69) is 25.5 Å². The van der Waals surface area contributed by atoms with Crippen molar-refractivity contribution >= 4 is 0 Å². The van der Waals surface area contributed by atoms with Crippen molar-refractivity contribution in [3.8, 4) is 28.7 Å². The molecule has 2 unspecified atom stereocenters. The van der Waals surface area contributed by atoms with Gasteiger partial charge >= 0.3 is 6.01 Å². The summed E-state index contributed by atoms with van der Waals surface area (Å²) in [7, 11) is 1.76. The number of fused-ring (bicyclic) bond motifs is 2. The highest BCUT2D eigenvalue weighted by atomic mass is 16.5. The molecule has 0 saturated carbocycles. The Labute approximate surface area is 167 Å². The molecule has 5 rings (SSSR count). The number of phenols is 1. The van der Waals surface area contributed by atoms with Gasteiger partial charge in [-0.15, -0.1) is 5.10 Å². The van der Waals surface area contributed by atoms with Crippen molar-refractivity contribution in [1.29, 1.82) is 0 Å². The minimum absolute atomic E-state index is 0.0434. The Morgan fingerprint density at radius 2 is 2.14 bits per heavy atom. The number of nitrogens with zero attached hydrogens (tertiary/aromatic N) is 5. The second-order valence-corrected chi connectivity index (χ2v) is 7.49. The van der Waals surface area contributed by atoms with E-state index in [0.29, 0.717) is 23.3 Å². The van der Waals surface area contributed by atoms with E-state index in [4.69, 9.17) is 9.47 Å². The Morgan fingerprint density at radius 1 is 1.21 bits per heavy atom. The van der Waals surface area contributed by atoms with Crippen LogP contribution in [0.3, 0.4) is 0 Å². The van der Waals surface area contributed by atoms with E-state index in [1.165, 1.54) is 0 Å². The fraction of sp³-hybridized carbons (Fsp3) is 0.400. The second kappa shape index (κ2) is 7.41. The zero-order valence-corrected chi connectivity index (χ0v) is 16.0. The molecule has 4 atom stereocenters. The summed E-state index contributed by atoms with van der Waals surface area (Å²) in [5.41, 5.74) is 1.85. The molecule has 9 nitrogen and oxygen atoms in total. The number of hydrogen-bond acceptors (Lipinski definition) is 8. The first-order valence-corrected chi connectivity index (χ1v) is 9.66. The fourth-order valence-corrected chi connectivity index (χ4v) is 4.26. The third-order valence-corrected chi connectivity index (χ3v) is 5.65. The lowest BCUT2D eigenvalue weighted by Gasteiger charge is -2.29. The highest BCUT2D eigenvalue weighted by Crippen LogP contribution is 2.32. The summed E-state index contributed by atoms with van der Waals surface area (Å²) in [4.78, 5) is 8.31. The van der Waals surface area contributed by atoms with Crippen LogP contribution in [0.1, 0.15) is 19.3 Å². The topological polar surface area (TPSA) is 107 Å². The summed E-state index contributed by atoms with van der Waals surface area (Å²) in [5.74, 6) is 0.0986. The largest absolute Gasteiger partial charge is 0.507 e. The molecule has 2 fully saturated rings. The summed E-state index contributed by atoms with van der Waals surface area (Å²) >= 11 is 0. The third kappa shape index (κ3) is 3.54. The summed E-state index contributed by atoms with van der Waals surface area (Å²) in [6.07, 6.45) is 9.78. The standard InChI is InChI=1S/C20H22N6O3/c1-28-19-7-12-6-14(9-16(19)23-12)29-20-22-10-17(24-25-20)15-3-2-13(8-18(15)27)26-5-4-21-11-26/h2-5,8,10-12,14,16,19,23,27H,6-7,9H2,1H3/t12?,14-,16?,19+/m0/s1. The van der Waals surface area contributed by atoms with E-state index in [9.17, 15) is 5.11 Å². The number of phenolic OH excluding ortho intramolecular Hbond substituents is 1. The predicted octanol–water partition coefficient (Wildman–Crippen LogP) is 1.72. The van der Waals surface area contributed by atoms with Crippen LogP contribution in [0, 0.1) is 0 Å². The number of benzene rings is 1. The number of methoxy groups -OCH3 is 1. The molecule has 29 heavy (non-hydrogen) atoms. The van der Waals surface area contributed by atoms with Gasteiger partial charge in [-0.3, -0.25) is 0 Å². The number of rotatable bonds is 5. The molecule has 2 saturated heterocycles. The smallest absolute Gasteiger partial charge is 0.335 e. The van der Waals surface area contributed by atoms with E-state index < -0.39 is 0 Å². The molecule has 0 amide bonds. The number of nitrogens with one attached hydrogen (secondary N) is 1. The first-order chi connectivity index (χ1) is 14.2. The quantitative estimate of drug-likeness (QED) is 0.674. The second-order valence-electron chi connectivity index (χ2n) is 7.49. The highest BCUT2D eigenvalue weighted by Gasteiger charge is 2.41. The van der Waals surface area contributed by atoms with Crippen molar-refractivity contribution in [2.24, 2.45) is 0 Å². The molecule has 4 heterocycles. The lowest BCUT2D eigenvalue weighted by Crippen LogP contribution is -2.45. The molecule has 2 aliphatic heterocycles. The van der Waals surface area contributed by atoms with Crippen LogP contribution in [0.15, 0.2) is 43.1 Å². The average Bonchev–Trinajstić information content (AvgIpc) is 3.36. The Kier molecular flexibility index (Phi) is 4.61. The first kappa shape index (κ1) is 18.0. The van der Waals surface area contributed by atoms with E-state index in [1.54, 1.807) is 38.0 Å². The summed E-state index contributed by atoms with van der Waals surface area (Å²) < 4.78 is 13.3. The van der Waals surface area contributed by atoms with Gasteiger partial charge in [-0.25, -0.2) is 9.97 Å². The molecular formula is C20H22N6O3. The number of imidazole rings is 1. The normalized spacial score (nSPS) is 25.8. The third-order valence-electron chi connectivity index (χ3n) is 5.65. The van der Waals surface area contributed by atoms with Crippen LogP contribution in [-0.4, -0.2) is 61.2 Å². The highest BCUT2D eigenvalue weighted by molar-refractivity contribution is 5.67. The summed E-state index contributed by atoms with van der Waals surface area (Å²) in [6, 6.07) is 6.28. The van der Waals surface area contributed by atoms with Crippen LogP contribution in [0.2, 0.25) is 0 Å². The molecule has 2 N–H and O–H groups in total. The number of ether oxygens (including phenoxy) is 2. The van der Waals surface area contributed by atoms with E-state index in [1.807, 2.05) is 16.8 Å². The molecule has 2 aromatic heterocycles. The Bertz CT molecular complexity index is 978. The molecule has 1 aromatic carbocycles. The van der Waals surface area contributed by atoms with Crippen LogP contribution in [0.4, 0.5) is 0 Å². The predicted molar refractivity (Wildman–Crippen MR) is 104 cm³/mol. The van der Waals surface area contributed by atoms with Gasteiger partial charge in [-0.05, 0) is 25.0 Å². The van der Waals surface area contributed by atoms with Gasteiger partial charge in [0.1, 0.15) is 17.5 Å². The number of aromatic hydroxyl groups is 1. The Balaban J connectivity index is 1.28. The van der Waals surface area contributed by atoms with Crippen molar-refractivity contribution in [2.45, 2.75) is 43.6 Å². The van der Waals surface area contributed by atoms with Crippen molar-refractivity contribution in [3.05, 3.63) is 43.1 Å². The van der Waals surface area contributed by atoms with Gasteiger partial charge in [-0.2, -0.15) is 0 Å². The maximum atomic E-state index is 10.4. The fourth-order valence-electron chi connectivity index (χ4n) is 4.26. The summed E-state index contributed by atoms with van der Waals surface area (Å²) in [6.45, 7) is 0. The maximum Gasteiger partial charge on any atom is 0.335 e. The van der Waals surface area contributed by atoms with Gasteiger partial charge < -0.3 is 24.5 Å². The summed E-state index contributed by atoms with van der Waals surface area (Å²) in [5, 5.41) is 22.3. The number of piperidine rings is 1. The lowest BCUT2D eigenvalue weighted by atomic mass is 10.0. The molecule has 150 valence electrons. The van der Waals surface area contributed by atoms with Crippen molar-refractivity contribution < 1.29 is 14.6 Å². The zero-order valence-electron chi connectivity index (χ0n) is 16.0. The Hall–Kier alpha value is -3.04. The molecule has 3 aromatic rings. The minimum atomic E-state index is 0.0434. The van der Waals surface area contributed by atoms with Gasteiger partial charge in [0.25, 0.3) is 0 Å². The lowest BCUT2D eigenvalue weighted by molar-refractivity contribution is 0.0701. The molecule has 0 radical (unpaired) electrons. The van der Waals surface area contributed by atoms with Crippen molar-refractivity contribution in [3.63, 3.8) is 0 Å². The molecular weight excluding hydrogens is 372 g/mol. The number of aromatic nitrogens is 5. The van der Waals surface area contributed by atoms with E-state index >= 15 is 0 Å². The zero-order chi connectivity index (χ0) is 19.8. The molecule has 0 aliphatic carbocycles. The Morgan fingerprint density at radius 3 is 2.86 bits per heavy atom. The van der Waals surface area contributed by atoms with E-state index in [-0.39, 0.29) is 24.0 Å². The van der Waals surface area contributed by atoms with Gasteiger partial charge in [0.15, 0.2) is 0 Å². The minimum Gasteiger partial charge on any atom is -0.507 e. The van der Waals surface area contributed by atoms with Gasteiger partial charge in [0.2, 0.25) is 0 Å². The van der Waals surface area contributed by atoms with Crippen molar-refractivity contribution in [2.75, 3.05) is 7.11 Å². The van der Waals surface area contributed by atoms with Crippen LogP contribution in [0.5, 0.6) is 11.8 Å².